The third-order valence-corrected chi connectivity index (χ3v) is 14.4. The van der Waals surface area contributed by atoms with E-state index in [0.29, 0.717) is 0 Å². The minimum atomic E-state index is -1.44. The molecule has 0 aromatic rings. The van der Waals surface area contributed by atoms with Crippen molar-refractivity contribution in [3.63, 3.8) is 0 Å². The summed E-state index contributed by atoms with van der Waals surface area (Å²) < 4.78 is 0. The van der Waals surface area contributed by atoms with E-state index in [1.54, 1.807) is 0 Å². The first-order valence-electron chi connectivity index (χ1n) is 11.1. The number of hydrogen-bond acceptors (Lipinski definition) is 0. The topological polar surface area (TPSA) is 0 Å². The Labute approximate surface area is 162 Å². The normalized spacial score (nSPS) is 49.5. The lowest BCUT2D eigenvalue weighted by Gasteiger charge is -2.46. The van der Waals surface area contributed by atoms with Gasteiger partial charge in [0.1, 0.15) is 0 Å². The average molecular weight is 367 g/mol. The quantitative estimate of drug-likeness (QED) is 0.467. The summed E-state index contributed by atoms with van der Waals surface area (Å²) in [5, 5.41) is 0. The first-order chi connectivity index (χ1) is 12.4. The fourth-order valence-electron chi connectivity index (χ4n) is 8.33. The summed E-state index contributed by atoms with van der Waals surface area (Å²) in [5.74, 6) is 6.59. The Bertz CT molecular complexity index is 627. The molecule has 142 valence electrons. The second-order valence-corrected chi connectivity index (χ2v) is 15.3. The van der Waals surface area contributed by atoms with Crippen molar-refractivity contribution in [3.05, 3.63) is 48.6 Å². The highest BCUT2D eigenvalue weighted by Crippen LogP contribution is 2.64. The minimum Gasteiger partial charge on any atom is -0.0808 e. The van der Waals surface area contributed by atoms with Crippen molar-refractivity contribution in [1.82, 2.24) is 0 Å². The van der Waals surface area contributed by atoms with E-state index in [-0.39, 0.29) is 0 Å². The Hall–Kier alpha value is -0.823. The number of hydrogen-bond donors (Lipinski definition) is 0. The van der Waals surface area contributed by atoms with Crippen molar-refractivity contribution in [3.8, 4) is 0 Å². The summed E-state index contributed by atoms with van der Waals surface area (Å²) in [6, 6.07) is 0. The van der Waals surface area contributed by atoms with Crippen molar-refractivity contribution in [1.29, 1.82) is 0 Å². The first kappa shape index (κ1) is 18.5. The molecule has 1 heteroatoms. The molecule has 0 saturated heterocycles. The van der Waals surface area contributed by atoms with Gasteiger partial charge in [0.05, 0.1) is 8.07 Å². The van der Waals surface area contributed by atoms with Gasteiger partial charge < -0.3 is 0 Å². The molecule has 0 N–H and O–H groups in total. The molecule has 4 aliphatic carbocycles. The van der Waals surface area contributed by atoms with E-state index in [9.17, 15) is 0 Å². The van der Waals surface area contributed by atoms with Gasteiger partial charge in [0.25, 0.3) is 0 Å². The van der Waals surface area contributed by atoms with Crippen LogP contribution < -0.4 is 0 Å². The van der Waals surface area contributed by atoms with Gasteiger partial charge in [-0.15, -0.1) is 0 Å². The molecular formula is C25H38Si. The van der Waals surface area contributed by atoms with Crippen LogP contribution in [0.3, 0.4) is 0 Å². The van der Waals surface area contributed by atoms with Crippen LogP contribution in [0.2, 0.25) is 24.2 Å². The van der Waals surface area contributed by atoms with Gasteiger partial charge in [-0.2, -0.15) is 0 Å². The van der Waals surface area contributed by atoms with E-state index in [4.69, 9.17) is 0 Å². The van der Waals surface area contributed by atoms with E-state index in [1.807, 2.05) is 0 Å². The fourth-order valence-corrected chi connectivity index (χ4v) is 14.9. The minimum absolute atomic E-state index is 0.781. The second kappa shape index (κ2) is 6.65. The predicted octanol–water partition coefficient (Wildman–Crippen LogP) is 7.11. The van der Waals surface area contributed by atoms with Crippen LogP contribution in [-0.2, 0) is 0 Å². The van der Waals surface area contributed by atoms with Crippen LogP contribution in [0, 0.1) is 47.3 Å². The molecule has 2 fully saturated rings. The Morgan fingerprint density at radius 3 is 1.50 bits per heavy atom. The van der Waals surface area contributed by atoms with Crippen LogP contribution in [0.25, 0.3) is 0 Å². The molecule has 0 amide bonds. The van der Waals surface area contributed by atoms with Gasteiger partial charge in [0, 0.05) is 0 Å². The zero-order valence-electron chi connectivity index (χ0n) is 17.6. The Morgan fingerprint density at radius 2 is 1.04 bits per heavy atom. The number of allylic oxidation sites excluding steroid dienone is 8. The molecule has 0 aliphatic heterocycles. The summed E-state index contributed by atoms with van der Waals surface area (Å²) >= 11 is 0. The second-order valence-electron chi connectivity index (χ2n) is 10.4. The van der Waals surface area contributed by atoms with Gasteiger partial charge in [-0.05, 0) is 58.4 Å². The molecule has 9 unspecified atom stereocenters. The van der Waals surface area contributed by atoms with E-state index in [0.717, 1.165) is 58.4 Å². The van der Waals surface area contributed by atoms with Gasteiger partial charge in [0.2, 0.25) is 0 Å². The summed E-state index contributed by atoms with van der Waals surface area (Å²) in [4.78, 5) is 0. The highest BCUT2D eigenvalue weighted by atomic mass is 28.3. The van der Waals surface area contributed by atoms with Crippen LogP contribution in [0.1, 0.15) is 34.1 Å². The maximum atomic E-state index is 2.77. The molecule has 0 spiro atoms. The third-order valence-electron chi connectivity index (χ3n) is 9.14. The maximum absolute atomic E-state index is 2.77. The standard InChI is InChI=1S/C25H38Si/c1-7-19-16(2)20-12-10-11-15-23(20)25(19)26(5,6)24-17(3)21-13-8-9-14-22(21)18(24)4/h8-25H,7H2,1-6H3. The summed E-state index contributed by atoms with van der Waals surface area (Å²) in [5.41, 5.74) is 1.88. The molecule has 4 rings (SSSR count). The van der Waals surface area contributed by atoms with Crippen LogP contribution in [0.15, 0.2) is 48.6 Å². The average Bonchev–Trinajstić information content (AvgIpc) is 3.08. The first-order valence-corrected chi connectivity index (χ1v) is 14.2. The maximum Gasteiger partial charge on any atom is 0.0550 e. The van der Waals surface area contributed by atoms with Gasteiger partial charge >= 0.3 is 0 Å². The number of rotatable bonds is 3. The van der Waals surface area contributed by atoms with E-state index < -0.39 is 8.07 Å². The molecular weight excluding hydrogens is 328 g/mol. The smallest absolute Gasteiger partial charge is 0.0550 e. The van der Waals surface area contributed by atoms with Crippen LogP contribution in [-0.4, -0.2) is 8.07 Å². The highest BCUT2D eigenvalue weighted by molar-refractivity contribution is 6.80. The SMILES string of the molecule is CCC1C(C)C2C=CC=CC2C1[Si](C)(C)C1C(C)C2C=CC=CC2C1C. The molecule has 9 atom stereocenters. The van der Waals surface area contributed by atoms with Gasteiger partial charge in [-0.1, -0.05) is 95.8 Å². The molecule has 0 nitrogen and oxygen atoms in total. The molecule has 0 aromatic carbocycles. The Balaban J connectivity index is 1.71. The largest absolute Gasteiger partial charge is 0.0808 e. The van der Waals surface area contributed by atoms with Crippen molar-refractivity contribution in [2.45, 2.75) is 58.3 Å². The van der Waals surface area contributed by atoms with Crippen molar-refractivity contribution in [2.75, 3.05) is 0 Å². The molecule has 4 aliphatic rings. The Morgan fingerprint density at radius 1 is 0.615 bits per heavy atom. The molecule has 0 radical (unpaired) electrons. The van der Waals surface area contributed by atoms with Crippen molar-refractivity contribution in [2.24, 2.45) is 47.3 Å². The van der Waals surface area contributed by atoms with Crippen LogP contribution in [0.4, 0.5) is 0 Å². The monoisotopic (exact) mass is 366 g/mol. The molecule has 26 heavy (non-hydrogen) atoms. The summed E-state index contributed by atoms with van der Waals surface area (Å²) in [6.07, 6.45) is 20.8. The predicted molar refractivity (Wildman–Crippen MR) is 117 cm³/mol. The fraction of sp³-hybridized carbons (Fsp3) is 0.680. The lowest BCUT2D eigenvalue weighted by atomic mass is 9.85. The number of fused-ring (bicyclic) bond motifs is 2. The Kier molecular flexibility index (Phi) is 4.74. The van der Waals surface area contributed by atoms with Crippen molar-refractivity contribution < 1.29 is 0 Å². The zero-order valence-corrected chi connectivity index (χ0v) is 18.6. The summed E-state index contributed by atoms with van der Waals surface area (Å²) in [7, 11) is -1.44. The highest BCUT2D eigenvalue weighted by Gasteiger charge is 2.59. The van der Waals surface area contributed by atoms with E-state index >= 15 is 0 Å². The summed E-state index contributed by atoms with van der Waals surface area (Å²) in [6.45, 7) is 15.7. The third kappa shape index (κ3) is 2.53. The van der Waals surface area contributed by atoms with E-state index in [2.05, 4.69) is 89.4 Å². The molecule has 0 heterocycles. The van der Waals surface area contributed by atoms with Crippen LogP contribution >= 0.6 is 0 Å². The van der Waals surface area contributed by atoms with Gasteiger partial charge in [-0.25, -0.2) is 0 Å². The molecule has 0 bridgehead atoms. The molecule has 0 aromatic heterocycles. The lowest BCUT2D eigenvalue weighted by molar-refractivity contribution is 0.360. The lowest BCUT2D eigenvalue weighted by Crippen LogP contribution is -2.46. The van der Waals surface area contributed by atoms with Gasteiger partial charge in [-0.3, -0.25) is 0 Å². The molecule has 2 saturated carbocycles. The van der Waals surface area contributed by atoms with Crippen LogP contribution in [0.5, 0.6) is 0 Å². The van der Waals surface area contributed by atoms with Gasteiger partial charge in [0.15, 0.2) is 0 Å². The zero-order chi connectivity index (χ0) is 18.6. The van der Waals surface area contributed by atoms with Crippen molar-refractivity contribution >= 4 is 8.07 Å². The van der Waals surface area contributed by atoms with E-state index in [1.165, 1.54) is 6.42 Å².